The molecule has 2 aromatic rings. The molecule has 2 heterocycles. The summed E-state index contributed by atoms with van der Waals surface area (Å²) in [4.78, 5) is 19.6. The van der Waals surface area contributed by atoms with Crippen LogP contribution in [0.15, 0.2) is 41.4 Å². The molecule has 1 aromatic carbocycles. The zero-order valence-corrected chi connectivity index (χ0v) is 18.7. The third kappa shape index (κ3) is 5.16. The second kappa shape index (κ2) is 8.84. The third-order valence-corrected chi connectivity index (χ3v) is 6.95. The Kier molecular flexibility index (Phi) is 6.15. The fraction of sp³-hybridized carbons (Fsp3) is 0.455. The number of hydrogen-bond donors (Lipinski definition) is 3. The maximum Gasteiger partial charge on any atom is 0.261 e. The molecule has 9 heteroatoms. The maximum absolute atomic E-state index is 12.9. The van der Waals surface area contributed by atoms with Gasteiger partial charge in [-0.3, -0.25) is 9.52 Å². The predicted octanol–water partition coefficient (Wildman–Crippen LogP) is 2.31. The number of aromatic nitrogens is 1. The van der Waals surface area contributed by atoms with E-state index in [1.165, 1.54) is 6.20 Å². The number of pyridine rings is 1. The van der Waals surface area contributed by atoms with Gasteiger partial charge in [0.25, 0.3) is 15.9 Å². The van der Waals surface area contributed by atoms with Crippen LogP contribution in [0, 0.1) is 0 Å². The molecule has 1 aromatic heterocycles. The second-order valence-electron chi connectivity index (χ2n) is 8.41. The van der Waals surface area contributed by atoms with Crippen molar-refractivity contribution in [2.45, 2.75) is 43.5 Å². The molecule has 1 aliphatic heterocycles. The monoisotopic (exact) mass is 443 g/mol. The van der Waals surface area contributed by atoms with Gasteiger partial charge in [0, 0.05) is 32.2 Å². The van der Waals surface area contributed by atoms with E-state index in [-0.39, 0.29) is 22.5 Å². The van der Waals surface area contributed by atoms with E-state index in [1.54, 1.807) is 18.2 Å². The average molecular weight is 444 g/mol. The van der Waals surface area contributed by atoms with E-state index in [2.05, 4.69) is 39.1 Å². The molecule has 166 valence electrons. The Bertz CT molecular complexity index is 1040. The Morgan fingerprint density at radius 2 is 1.84 bits per heavy atom. The van der Waals surface area contributed by atoms with Crippen LogP contribution in [-0.4, -0.2) is 51.5 Å². The van der Waals surface area contributed by atoms with Gasteiger partial charge in [-0.25, -0.2) is 13.4 Å². The van der Waals surface area contributed by atoms with Gasteiger partial charge in [-0.05, 0) is 42.5 Å². The zero-order valence-electron chi connectivity index (χ0n) is 17.9. The van der Waals surface area contributed by atoms with Crippen LogP contribution in [0.1, 0.15) is 48.5 Å². The topological polar surface area (TPSA) is 103 Å². The maximum atomic E-state index is 12.9. The van der Waals surface area contributed by atoms with Crippen molar-refractivity contribution in [1.82, 2.24) is 15.6 Å². The molecule has 2 fully saturated rings. The number of carbonyl (C=O) groups excluding carboxylic acids is 1. The lowest BCUT2D eigenvalue weighted by Crippen LogP contribution is -2.44. The Morgan fingerprint density at radius 3 is 2.45 bits per heavy atom. The number of anilines is 2. The largest absolute Gasteiger partial charge is 0.353 e. The van der Waals surface area contributed by atoms with Crippen molar-refractivity contribution < 1.29 is 13.2 Å². The lowest BCUT2D eigenvalue weighted by molar-refractivity contribution is 0.0951. The van der Waals surface area contributed by atoms with Gasteiger partial charge in [-0.1, -0.05) is 26.0 Å². The van der Waals surface area contributed by atoms with Gasteiger partial charge < -0.3 is 15.5 Å². The molecule has 2 aliphatic rings. The van der Waals surface area contributed by atoms with E-state index >= 15 is 0 Å². The van der Waals surface area contributed by atoms with E-state index in [9.17, 15) is 13.2 Å². The lowest BCUT2D eigenvalue weighted by atomic mass is 10.0. The number of nitrogens with one attached hydrogen (secondary N) is 3. The molecule has 0 bridgehead atoms. The van der Waals surface area contributed by atoms with Crippen LogP contribution >= 0.6 is 0 Å². The number of rotatable bonds is 7. The summed E-state index contributed by atoms with van der Waals surface area (Å²) in [6.45, 7) is 7.22. The molecular weight excluding hydrogens is 414 g/mol. The lowest BCUT2D eigenvalue weighted by Gasteiger charge is -2.30. The molecule has 1 saturated heterocycles. The van der Waals surface area contributed by atoms with E-state index in [0.29, 0.717) is 17.3 Å². The van der Waals surface area contributed by atoms with Crippen molar-refractivity contribution in [1.29, 1.82) is 0 Å². The highest BCUT2D eigenvalue weighted by Crippen LogP contribution is 2.26. The van der Waals surface area contributed by atoms with E-state index in [4.69, 9.17) is 0 Å². The SMILES string of the molecule is CC(C)c1ccc(S(=O)(=O)Nc2cnc(N3CCNCC3)c(C(=O)NC3CC3)c2)cc1. The standard InChI is InChI=1S/C22H29N5O3S/c1-15(2)16-3-7-19(8-4-16)31(29,30)26-18-13-20(22(28)25-17-5-6-17)21(24-14-18)27-11-9-23-10-12-27/h3-4,7-8,13-15,17,23,26H,5-6,9-12H2,1-2H3,(H,25,28). The summed E-state index contributed by atoms with van der Waals surface area (Å²) in [5.41, 5.74) is 1.73. The van der Waals surface area contributed by atoms with Crippen molar-refractivity contribution >= 4 is 27.4 Å². The minimum absolute atomic E-state index is 0.173. The molecule has 0 radical (unpaired) electrons. The van der Waals surface area contributed by atoms with Crippen molar-refractivity contribution in [2.24, 2.45) is 0 Å². The second-order valence-corrected chi connectivity index (χ2v) is 10.1. The molecule has 4 rings (SSSR count). The summed E-state index contributed by atoms with van der Waals surface area (Å²) >= 11 is 0. The van der Waals surface area contributed by atoms with Crippen LogP contribution in [0.2, 0.25) is 0 Å². The van der Waals surface area contributed by atoms with Gasteiger partial charge in [0.2, 0.25) is 0 Å². The smallest absolute Gasteiger partial charge is 0.261 e. The zero-order chi connectivity index (χ0) is 22.0. The minimum Gasteiger partial charge on any atom is -0.353 e. The highest BCUT2D eigenvalue weighted by molar-refractivity contribution is 7.92. The van der Waals surface area contributed by atoms with Crippen LogP contribution in [0.5, 0.6) is 0 Å². The summed E-state index contributed by atoms with van der Waals surface area (Å²) in [6.07, 6.45) is 3.42. The Balaban J connectivity index is 1.60. The van der Waals surface area contributed by atoms with Gasteiger partial charge in [-0.15, -0.1) is 0 Å². The van der Waals surface area contributed by atoms with Crippen molar-refractivity contribution in [3.63, 3.8) is 0 Å². The van der Waals surface area contributed by atoms with Crippen LogP contribution < -0.4 is 20.3 Å². The van der Waals surface area contributed by atoms with E-state index < -0.39 is 10.0 Å². The summed E-state index contributed by atoms with van der Waals surface area (Å²) in [7, 11) is -3.79. The Hall–Kier alpha value is -2.65. The van der Waals surface area contributed by atoms with E-state index in [0.717, 1.165) is 44.6 Å². The van der Waals surface area contributed by atoms with Gasteiger partial charge in [0.15, 0.2) is 0 Å². The predicted molar refractivity (Wildman–Crippen MR) is 121 cm³/mol. The third-order valence-electron chi connectivity index (χ3n) is 5.55. The fourth-order valence-corrected chi connectivity index (χ4v) is 4.58. The van der Waals surface area contributed by atoms with Gasteiger partial charge in [0.05, 0.1) is 22.3 Å². The van der Waals surface area contributed by atoms with E-state index in [1.807, 2.05) is 12.1 Å². The minimum atomic E-state index is -3.79. The number of piperazine rings is 1. The fourth-order valence-electron chi connectivity index (χ4n) is 3.55. The van der Waals surface area contributed by atoms with Crippen LogP contribution in [0.4, 0.5) is 11.5 Å². The number of hydrogen-bond acceptors (Lipinski definition) is 6. The first-order valence-corrected chi connectivity index (χ1v) is 12.2. The summed E-state index contributed by atoms with van der Waals surface area (Å²) < 4.78 is 28.3. The van der Waals surface area contributed by atoms with Gasteiger partial charge >= 0.3 is 0 Å². The average Bonchev–Trinajstić information content (AvgIpc) is 3.58. The van der Waals surface area contributed by atoms with Gasteiger partial charge in [0.1, 0.15) is 5.82 Å². The summed E-state index contributed by atoms with van der Waals surface area (Å²) in [6, 6.07) is 8.62. The first kappa shape index (κ1) is 21.6. The number of amides is 1. The first-order chi connectivity index (χ1) is 14.8. The number of sulfonamides is 1. The summed E-state index contributed by atoms with van der Waals surface area (Å²) in [5.74, 6) is 0.689. The number of nitrogens with zero attached hydrogens (tertiary/aromatic N) is 2. The van der Waals surface area contributed by atoms with Crippen LogP contribution in [0.25, 0.3) is 0 Å². The molecule has 0 atom stereocenters. The molecule has 8 nitrogen and oxygen atoms in total. The molecule has 31 heavy (non-hydrogen) atoms. The normalized spacial score (nSPS) is 16.9. The van der Waals surface area contributed by atoms with Crippen molar-refractivity contribution in [3.05, 3.63) is 47.7 Å². The van der Waals surface area contributed by atoms with Crippen LogP contribution in [-0.2, 0) is 10.0 Å². The number of carbonyl (C=O) groups is 1. The molecule has 3 N–H and O–H groups in total. The van der Waals surface area contributed by atoms with Crippen molar-refractivity contribution in [3.8, 4) is 0 Å². The Labute approximate surface area is 183 Å². The molecule has 1 saturated carbocycles. The summed E-state index contributed by atoms with van der Waals surface area (Å²) in [5, 5.41) is 6.27. The number of benzene rings is 1. The quantitative estimate of drug-likeness (QED) is 0.607. The molecular formula is C22H29N5O3S. The van der Waals surface area contributed by atoms with Crippen LogP contribution in [0.3, 0.4) is 0 Å². The highest BCUT2D eigenvalue weighted by Gasteiger charge is 2.27. The Morgan fingerprint density at radius 1 is 1.16 bits per heavy atom. The molecule has 1 amide bonds. The van der Waals surface area contributed by atoms with Crippen molar-refractivity contribution in [2.75, 3.05) is 35.8 Å². The first-order valence-electron chi connectivity index (χ1n) is 10.7. The van der Waals surface area contributed by atoms with Gasteiger partial charge in [-0.2, -0.15) is 0 Å². The molecule has 0 unspecified atom stereocenters. The highest BCUT2D eigenvalue weighted by atomic mass is 32.2. The molecule has 0 spiro atoms. The molecule has 1 aliphatic carbocycles.